The van der Waals surface area contributed by atoms with Gasteiger partial charge in [-0.15, -0.1) is 0 Å². The van der Waals surface area contributed by atoms with Gasteiger partial charge >= 0.3 is 5.69 Å². The van der Waals surface area contributed by atoms with E-state index in [0.717, 1.165) is 11.0 Å². The van der Waals surface area contributed by atoms with E-state index in [0.29, 0.717) is 43.5 Å². The second kappa shape index (κ2) is 11.0. The van der Waals surface area contributed by atoms with E-state index < -0.39 is 23.4 Å². The van der Waals surface area contributed by atoms with Crippen molar-refractivity contribution in [1.29, 1.82) is 0 Å². The molecule has 0 bridgehead atoms. The quantitative estimate of drug-likeness (QED) is 0.396. The van der Waals surface area contributed by atoms with Gasteiger partial charge in [-0.25, -0.2) is 18.6 Å². The van der Waals surface area contributed by atoms with E-state index in [2.05, 4.69) is 15.3 Å². The highest BCUT2D eigenvalue weighted by Crippen LogP contribution is 2.39. The summed E-state index contributed by atoms with van der Waals surface area (Å²) in [5.74, 6) is -3.75. The minimum atomic E-state index is -2.75. The SMILES string of the molecule is CC1CN(c2ncc(Cl)c(Nc3ccc4c(c3)n(CCC(C)(C)O)c(=O)n4CCN(C)C)n2)C[C@H](C)C1(F)F. The topological polar surface area (TPSA) is 91.5 Å². The predicted octanol–water partition coefficient (Wildman–Crippen LogP) is 4.44. The summed E-state index contributed by atoms with van der Waals surface area (Å²) < 4.78 is 32.2. The number of alkyl halides is 2. The van der Waals surface area contributed by atoms with Crippen molar-refractivity contribution in [3.8, 4) is 0 Å². The molecule has 3 aromatic rings. The van der Waals surface area contributed by atoms with E-state index in [-0.39, 0.29) is 23.8 Å². The van der Waals surface area contributed by atoms with Crippen LogP contribution in [0.4, 0.5) is 26.2 Å². The number of aromatic nitrogens is 4. The third-order valence-corrected chi connectivity index (χ3v) is 7.59. The summed E-state index contributed by atoms with van der Waals surface area (Å²) in [4.78, 5) is 26.0. The first-order chi connectivity index (χ1) is 18.2. The molecular formula is C27H38ClF2N7O2. The standard InChI is InChI=1S/C27H38ClF2N7O2/c1-17-15-35(16-18(2)27(17,29)30)24-31-14-20(28)23(33-24)32-19-7-8-21-22(13-19)36(10-9-26(3,4)39)25(38)37(21)12-11-34(5)6/h7-8,13-14,17-18,39H,9-12,15-16H2,1-6H3,(H,31,32,33)/t17-,18?/m0/s1. The van der Waals surface area contributed by atoms with E-state index in [1.165, 1.54) is 20.0 Å². The predicted molar refractivity (Wildman–Crippen MR) is 151 cm³/mol. The largest absolute Gasteiger partial charge is 0.390 e. The Hall–Kier alpha value is -2.76. The molecule has 2 N–H and O–H groups in total. The lowest BCUT2D eigenvalue weighted by Crippen LogP contribution is -2.52. The number of aryl methyl sites for hydroxylation is 1. The fraction of sp³-hybridized carbons (Fsp3) is 0.593. The van der Waals surface area contributed by atoms with E-state index in [1.807, 2.05) is 37.2 Å². The third kappa shape index (κ3) is 6.36. The maximum Gasteiger partial charge on any atom is 0.329 e. The first-order valence-electron chi connectivity index (χ1n) is 13.2. The van der Waals surface area contributed by atoms with Gasteiger partial charge in [0.1, 0.15) is 5.02 Å². The van der Waals surface area contributed by atoms with Crippen molar-refractivity contribution in [2.45, 2.75) is 58.7 Å². The van der Waals surface area contributed by atoms with Gasteiger partial charge in [-0.05, 0) is 52.6 Å². The number of anilines is 3. The second-order valence-corrected chi connectivity index (χ2v) is 11.9. The number of hydrogen-bond donors (Lipinski definition) is 2. The molecule has 214 valence electrons. The van der Waals surface area contributed by atoms with Crippen LogP contribution in [0.15, 0.2) is 29.2 Å². The molecule has 1 fully saturated rings. The highest BCUT2D eigenvalue weighted by Gasteiger charge is 2.47. The van der Waals surface area contributed by atoms with Crippen LogP contribution in [-0.4, -0.2) is 74.4 Å². The first-order valence-corrected chi connectivity index (χ1v) is 13.6. The zero-order valence-corrected chi connectivity index (χ0v) is 24.1. The van der Waals surface area contributed by atoms with Crippen LogP contribution in [0.3, 0.4) is 0 Å². The Morgan fingerprint density at radius 3 is 2.41 bits per heavy atom. The summed E-state index contributed by atoms with van der Waals surface area (Å²) >= 11 is 6.42. The number of fused-ring (bicyclic) bond motifs is 1. The van der Waals surface area contributed by atoms with Crippen molar-refractivity contribution >= 4 is 40.1 Å². The Balaban J connectivity index is 1.66. The summed E-state index contributed by atoms with van der Waals surface area (Å²) in [5.41, 5.74) is 1.10. The molecule has 0 saturated carbocycles. The lowest BCUT2D eigenvalue weighted by Gasteiger charge is -2.41. The lowest BCUT2D eigenvalue weighted by atomic mass is 9.87. The molecule has 0 aliphatic carbocycles. The van der Waals surface area contributed by atoms with Gasteiger partial charge in [-0.1, -0.05) is 25.4 Å². The Morgan fingerprint density at radius 2 is 1.79 bits per heavy atom. The summed E-state index contributed by atoms with van der Waals surface area (Å²) in [6.07, 6.45) is 1.87. The number of aliphatic hydroxyl groups is 1. The number of benzene rings is 1. The number of piperidine rings is 1. The molecule has 4 rings (SSSR count). The molecule has 1 saturated heterocycles. The van der Waals surface area contributed by atoms with Gasteiger partial charge < -0.3 is 20.2 Å². The van der Waals surface area contributed by atoms with E-state index in [9.17, 15) is 18.7 Å². The molecule has 9 nitrogen and oxygen atoms in total. The molecule has 1 aromatic carbocycles. The lowest BCUT2D eigenvalue weighted by molar-refractivity contribution is -0.105. The van der Waals surface area contributed by atoms with Crippen LogP contribution in [0.2, 0.25) is 5.02 Å². The van der Waals surface area contributed by atoms with E-state index in [4.69, 9.17) is 11.6 Å². The van der Waals surface area contributed by atoms with Crippen molar-refractivity contribution in [3.63, 3.8) is 0 Å². The number of imidazole rings is 1. The van der Waals surface area contributed by atoms with Crippen LogP contribution in [0.1, 0.15) is 34.1 Å². The van der Waals surface area contributed by atoms with Gasteiger partial charge in [0, 0.05) is 50.2 Å². The summed E-state index contributed by atoms with van der Waals surface area (Å²) in [5, 5.41) is 13.8. The average molecular weight is 566 g/mol. The fourth-order valence-corrected chi connectivity index (χ4v) is 5.02. The van der Waals surface area contributed by atoms with Crippen molar-refractivity contribution < 1.29 is 13.9 Å². The van der Waals surface area contributed by atoms with Crippen molar-refractivity contribution in [3.05, 3.63) is 39.9 Å². The van der Waals surface area contributed by atoms with Crippen molar-refractivity contribution in [2.75, 3.05) is 43.9 Å². The highest BCUT2D eigenvalue weighted by molar-refractivity contribution is 6.32. The minimum absolute atomic E-state index is 0.137. The van der Waals surface area contributed by atoms with Crippen LogP contribution in [0.5, 0.6) is 0 Å². The molecule has 3 heterocycles. The van der Waals surface area contributed by atoms with Gasteiger partial charge in [0.15, 0.2) is 5.82 Å². The van der Waals surface area contributed by atoms with Crippen LogP contribution >= 0.6 is 11.6 Å². The molecule has 2 atom stereocenters. The van der Waals surface area contributed by atoms with Crippen LogP contribution in [-0.2, 0) is 13.1 Å². The molecule has 12 heteroatoms. The Labute approximate surface area is 232 Å². The van der Waals surface area contributed by atoms with Crippen LogP contribution in [0, 0.1) is 11.8 Å². The zero-order valence-electron chi connectivity index (χ0n) is 23.4. The van der Waals surface area contributed by atoms with E-state index in [1.54, 1.807) is 27.9 Å². The normalized spacial score (nSPS) is 19.7. The number of nitrogens with one attached hydrogen (secondary N) is 1. The number of hydrogen-bond acceptors (Lipinski definition) is 7. The van der Waals surface area contributed by atoms with Crippen LogP contribution in [0.25, 0.3) is 11.0 Å². The molecule has 1 unspecified atom stereocenters. The number of rotatable bonds is 9. The maximum absolute atomic E-state index is 14.4. The Bertz CT molecular complexity index is 1370. The Morgan fingerprint density at radius 1 is 1.15 bits per heavy atom. The van der Waals surface area contributed by atoms with Gasteiger partial charge in [0.25, 0.3) is 5.92 Å². The first kappa shape index (κ1) is 29.2. The minimum Gasteiger partial charge on any atom is -0.390 e. The van der Waals surface area contributed by atoms with Gasteiger partial charge in [-0.3, -0.25) is 9.13 Å². The number of likely N-dealkylation sites (N-methyl/N-ethyl adjacent to an activating group) is 1. The molecule has 1 aliphatic rings. The fourth-order valence-electron chi connectivity index (χ4n) is 4.88. The summed E-state index contributed by atoms with van der Waals surface area (Å²) in [6.45, 7) is 8.36. The summed E-state index contributed by atoms with van der Waals surface area (Å²) in [7, 11) is 3.91. The molecule has 0 spiro atoms. The van der Waals surface area contributed by atoms with Gasteiger partial charge in [-0.2, -0.15) is 4.98 Å². The number of nitrogens with zero attached hydrogens (tertiary/aromatic N) is 6. The van der Waals surface area contributed by atoms with Gasteiger partial charge in [0.05, 0.1) is 22.8 Å². The van der Waals surface area contributed by atoms with Crippen molar-refractivity contribution in [1.82, 2.24) is 24.0 Å². The Kier molecular flexibility index (Phi) is 8.26. The smallest absolute Gasteiger partial charge is 0.329 e. The highest BCUT2D eigenvalue weighted by atomic mass is 35.5. The van der Waals surface area contributed by atoms with Gasteiger partial charge in [0.2, 0.25) is 5.95 Å². The average Bonchev–Trinajstić information content (AvgIpc) is 3.10. The third-order valence-electron chi connectivity index (χ3n) is 7.32. The molecular weight excluding hydrogens is 528 g/mol. The maximum atomic E-state index is 14.4. The monoisotopic (exact) mass is 565 g/mol. The molecule has 39 heavy (non-hydrogen) atoms. The second-order valence-electron chi connectivity index (χ2n) is 11.5. The molecule has 0 radical (unpaired) electrons. The van der Waals surface area contributed by atoms with Crippen molar-refractivity contribution in [2.24, 2.45) is 11.8 Å². The number of halogens is 3. The van der Waals surface area contributed by atoms with Crippen LogP contribution < -0.4 is 15.9 Å². The molecule has 2 aromatic heterocycles. The molecule has 0 amide bonds. The summed E-state index contributed by atoms with van der Waals surface area (Å²) in [6, 6.07) is 5.58. The molecule has 1 aliphatic heterocycles. The zero-order chi connectivity index (χ0) is 28.7. The van der Waals surface area contributed by atoms with E-state index >= 15 is 0 Å².